The van der Waals surface area contributed by atoms with Gasteiger partial charge in [0.2, 0.25) is 0 Å². The molecule has 0 fully saturated rings. The fourth-order valence-electron chi connectivity index (χ4n) is 4.79. The van der Waals surface area contributed by atoms with E-state index < -0.39 is 5.92 Å². The standard InChI is InChI=1S/C28H31NO3/c1-5-19-11-13-21(14-12-19)25-24(27(31)32-17-20-9-7-6-8-10-20)18(2)29-22-15-28(3,4)16-23(30)26(22)25/h6-14,25,29H,5,15-17H2,1-4H3. The average Bonchev–Trinajstić information content (AvgIpc) is 2.76. The highest BCUT2D eigenvalue weighted by atomic mass is 16.5. The number of carbonyl (C=O) groups is 2. The van der Waals surface area contributed by atoms with Gasteiger partial charge < -0.3 is 10.1 Å². The molecule has 0 spiro atoms. The Bertz CT molecular complexity index is 1090. The molecule has 4 nitrogen and oxygen atoms in total. The number of aryl methyl sites for hydroxylation is 1. The average molecular weight is 430 g/mol. The number of hydrogen-bond acceptors (Lipinski definition) is 4. The maximum atomic E-state index is 13.3. The number of rotatable bonds is 5. The number of hydrogen-bond donors (Lipinski definition) is 1. The van der Waals surface area contributed by atoms with Crippen LogP contribution in [0.25, 0.3) is 0 Å². The topological polar surface area (TPSA) is 55.4 Å². The van der Waals surface area contributed by atoms with Gasteiger partial charge >= 0.3 is 5.97 Å². The summed E-state index contributed by atoms with van der Waals surface area (Å²) >= 11 is 0. The molecule has 0 saturated heterocycles. The van der Waals surface area contributed by atoms with E-state index in [1.807, 2.05) is 49.4 Å². The molecule has 2 aromatic rings. The van der Waals surface area contributed by atoms with E-state index in [1.165, 1.54) is 5.56 Å². The minimum absolute atomic E-state index is 0.106. The summed E-state index contributed by atoms with van der Waals surface area (Å²) in [4.78, 5) is 26.7. The van der Waals surface area contributed by atoms with Crippen molar-refractivity contribution < 1.29 is 14.3 Å². The van der Waals surface area contributed by atoms with Crippen LogP contribution in [0.4, 0.5) is 0 Å². The first-order valence-corrected chi connectivity index (χ1v) is 11.3. The van der Waals surface area contributed by atoms with Crippen LogP contribution in [0.15, 0.2) is 77.1 Å². The largest absolute Gasteiger partial charge is 0.457 e. The molecule has 0 radical (unpaired) electrons. The fraction of sp³-hybridized carbons (Fsp3) is 0.357. The normalized spacial score (nSPS) is 20.0. The van der Waals surface area contributed by atoms with E-state index in [0.29, 0.717) is 17.6 Å². The Balaban J connectivity index is 1.73. The van der Waals surface area contributed by atoms with Crippen molar-refractivity contribution in [1.82, 2.24) is 5.32 Å². The minimum Gasteiger partial charge on any atom is -0.457 e. The fourth-order valence-corrected chi connectivity index (χ4v) is 4.79. The van der Waals surface area contributed by atoms with E-state index in [2.05, 4.69) is 38.2 Å². The van der Waals surface area contributed by atoms with Crippen LogP contribution in [0.1, 0.15) is 63.1 Å². The summed E-state index contributed by atoms with van der Waals surface area (Å²) in [6.07, 6.45) is 2.19. The molecule has 0 aromatic heterocycles. The van der Waals surface area contributed by atoms with Crippen LogP contribution in [-0.4, -0.2) is 11.8 Å². The second-order valence-corrected chi connectivity index (χ2v) is 9.59. The summed E-state index contributed by atoms with van der Waals surface area (Å²) in [5.74, 6) is -0.689. The molecule has 1 N–H and O–H groups in total. The third kappa shape index (κ3) is 4.40. The molecule has 0 amide bonds. The molecule has 1 unspecified atom stereocenters. The zero-order chi connectivity index (χ0) is 22.9. The summed E-state index contributed by atoms with van der Waals surface area (Å²) in [7, 11) is 0. The van der Waals surface area contributed by atoms with Crippen molar-refractivity contribution in [3.8, 4) is 0 Å². The minimum atomic E-state index is -0.413. The van der Waals surface area contributed by atoms with Crippen LogP contribution in [0.3, 0.4) is 0 Å². The van der Waals surface area contributed by atoms with E-state index in [1.54, 1.807) is 0 Å². The van der Waals surface area contributed by atoms with E-state index in [4.69, 9.17) is 4.74 Å². The lowest BCUT2D eigenvalue weighted by molar-refractivity contribution is -0.140. The highest BCUT2D eigenvalue weighted by Gasteiger charge is 2.43. The van der Waals surface area contributed by atoms with E-state index in [0.717, 1.165) is 35.4 Å². The summed E-state index contributed by atoms with van der Waals surface area (Å²) in [5.41, 5.74) is 5.94. The molecular formula is C28H31NO3. The summed E-state index contributed by atoms with van der Waals surface area (Å²) in [5, 5.41) is 3.39. The molecule has 166 valence electrons. The van der Waals surface area contributed by atoms with Crippen molar-refractivity contribution in [3.63, 3.8) is 0 Å². The number of ether oxygens (including phenoxy) is 1. The molecule has 0 saturated carbocycles. The van der Waals surface area contributed by atoms with Gasteiger partial charge in [0.15, 0.2) is 5.78 Å². The lowest BCUT2D eigenvalue weighted by atomic mass is 9.68. The van der Waals surface area contributed by atoms with Crippen molar-refractivity contribution in [3.05, 3.63) is 93.8 Å². The molecule has 1 heterocycles. The summed E-state index contributed by atoms with van der Waals surface area (Å²) in [6, 6.07) is 17.9. The predicted octanol–water partition coefficient (Wildman–Crippen LogP) is 5.60. The van der Waals surface area contributed by atoms with Crippen LogP contribution in [0, 0.1) is 5.41 Å². The van der Waals surface area contributed by atoms with Gasteiger partial charge in [-0.25, -0.2) is 4.79 Å². The first kappa shape index (κ1) is 22.1. The van der Waals surface area contributed by atoms with Gasteiger partial charge in [-0.1, -0.05) is 75.4 Å². The third-order valence-corrected chi connectivity index (χ3v) is 6.39. The quantitative estimate of drug-likeness (QED) is 0.629. The lowest BCUT2D eigenvalue weighted by Crippen LogP contribution is -2.38. The van der Waals surface area contributed by atoms with Gasteiger partial charge in [0, 0.05) is 29.3 Å². The van der Waals surface area contributed by atoms with Crippen molar-refractivity contribution in [2.24, 2.45) is 5.41 Å². The van der Waals surface area contributed by atoms with E-state index in [-0.39, 0.29) is 23.8 Å². The van der Waals surface area contributed by atoms with Gasteiger partial charge in [0.25, 0.3) is 0 Å². The number of ketones is 1. The van der Waals surface area contributed by atoms with Crippen LogP contribution in [-0.2, 0) is 27.4 Å². The number of esters is 1. The van der Waals surface area contributed by atoms with Gasteiger partial charge in [-0.3, -0.25) is 4.79 Å². The van der Waals surface area contributed by atoms with Crippen molar-refractivity contribution in [2.75, 3.05) is 0 Å². The second kappa shape index (κ2) is 8.78. The molecule has 32 heavy (non-hydrogen) atoms. The second-order valence-electron chi connectivity index (χ2n) is 9.59. The van der Waals surface area contributed by atoms with Crippen LogP contribution in [0.2, 0.25) is 0 Å². The summed E-state index contributed by atoms with van der Waals surface area (Å²) < 4.78 is 5.72. The number of Topliss-reactive ketones (excluding diaryl/α,β-unsaturated/α-hetero) is 1. The lowest BCUT2D eigenvalue weighted by Gasteiger charge is -2.39. The number of benzene rings is 2. The Morgan fingerprint density at radius 3 is 2.38 bits per heavy atom. The molecular weight excluding hydrogens is 398 g/mol. The third-order valence-electron chi connectivity index (χ3n) is 6.39. The number of allylic oxidation sites excluding steroid dienone is 3. The van der Waals surface area contributed by atoms with Crippen LogP contribution in [0.5, 0.6) is 0 Å². The molecule has 1 atom stereocenters. The van der Waals surface area contributed by atoms with Crippen molar-refractivity contribution in [2.45, 2.75) is 59.5 Å². The van der Waals surface area contributed by atoms with Crippen LogP contribution < -0.4 is 5.32 Å². The molecule has 0 bridgehead atoms. The van der Waals surface area contributed by atoms with Gasteiger partial charge in [0.05, 0.1) is 5.57 Å². The number of dihydropyridines is 1. The molecule has 4 rings (SSSR count). The Morgan fingerprint density at radius 2 is 1.72 bits per heavy atom. The zero-order valence-corrected chi connectivity index (χ0v) is 19.3. The monoisotopic (exact) mass is 429 g/mol. The van der Waals surface area contributed by atoms with E-state index in [9.17, 15) is 9.59 Å². The molecule has 4 heteroatoms. The Kier molecular flexibility index (Phi) is 6.05. The SMILES string of the molecule is CCc1ccc(C2C(C(=O)OCc3ccccc3)=C(C)NC3=C2C(=O)CC(C)(C)C3)cc1. The van der Waals surface area contributed by atoms with Crippen molar-refractivity contribution in [1.29, 1.82) is 0 Å². The number of carbonyl (C=O) groups excluding carboxylic acids is 2. The van der Waals surface area contributed by atoms with Crippen molar-refractivity contribution >= 4 is 11.8 Å². The van der Waals surface area contributed by atoms with Crippen LogP contribution >= 0.6 is 0 Å². The number of nitrogens with one attached hydrogen (secondary N) is 1. The van der Waals surface area contributed by atoms with Gasteiger partial charge in [-0.2, -0.15) is 0 Å². The highest BCUT2D eigenvalue weighted by Crippen LogP contribution is 2.46. The molecule has 2 aliphatic rings. The van der Waals surface area contributed by atoms with Gasteiger partial charge in [0.1, 0.15) is 6.61 Å². The predicted molar refractivity (Wildman–Crippen MR) is 126 cm³/mol. The first-order chi connectivity index (χ1) is 15.3. The zero-order valence-electron chi connectivity index (χ0n) is 19.3. The molecule has 2 aromatic carbocycles. The maximum absolute atomic E-state index is 13.3. The molecule has 1 aliphatic carbocycles. The summed E-state index contributed by atoms with van der Waals surface area (Å²) in [6.45, 7) is 8.45. The van der Waals surface area contributed by atoms with Gasteiger partial charge in [-0.15, -0.1) is 0 Å². The smallest absolute Gasteiger partial charge is 0.337 e. The molecule has 1 aliphatic heterocycles. The Labute approximate surface area is 190 Å². The maximum Gasteiger partial charge on any atom is 0.337 e. The first-order valence-electron chi connectivity index (χ1n) is 11.3. The van der Waals surface area contributed by atoms with Gasteiger partial charge in [-0.05, 0) is 41.9 Å². The Hall–Kier alpha value is -3.14. The highest BCUT2D eigenvalue weighted by molar-refractivity contribution is 6.04. The Morgan fingerprint density at radius 1 is 1.03 bits per heavy atom. The van der Waals surface area contributed by atoms with E-state index >= 15 is 0 Å².